The largest absolute Gasteiger partial charge is 0.497 e. The van der Waals surface area contributed by atoms with E-state index in [1.165, 1.54) is 4.68 Å². The zero-order chi connectivity index (χ0) is 21.1. The molecule has 0 spiro atoms. The molecule has 1 unspecified atom stereocenters. The maximum absolute atomic E-state index is 12.5. The van der Waals surface area contributed by atoms with Gasteiger partial charge in [0.2, 0.25) is 0 Å². The highest BCUT2D eigenvalue weighted by molar-refractivity contribution is 6.35. The molecule has 1 saturated heterocycles. The fourth-order valence-electron chi connectivity index (χ4n) is 3.91. The molecule has 1 atom stereocenters. The average Bonchev–Trinajstić information content (AvgIpc) is 3.15. The van der Waals surface area contributed by atoms with E-state index in [0.29, 0.717) is 15.7 Å². The Morgan fingerprint density at radius 1 is 1.20 bits per heavy atom. The third-order valence-corrected chi connectivity index (χ3v) is 6.14. The molecule has 6 nitrogen and oxygen atoms in total. The Morgan fingerprint density at radius 2 is 2.00 bits per heavy atom. The van der Waals surface area contributed by atoms with Crippen LogP contribution >= 0.6 is 23.2 Å². The number of hydrogen-bond donors (Lipinski definition) is 1. The fourth-order valence-corrected chi connectivity index (χ4v) is 4.41. The summed E-state index contributed by atoms with van der Waals surface area (Å²) in [5.74, 6) is 1.68. The zero-order valence-electron chi connectivity index (χ0n) is 16.8. The van der Waals surface area contributed by atoms with E-state index in [9.17, 15) is 4.79 Å². The summed E-state index contributed by atoms with van der Waals surface area (Å²) >= 11 is 12.3. The van der Waals surface area contributed by atoms with Crippen LogP contribution < -0.4 is 10.4 Å². The molecule has 1 fully saturated rings. The normalized spacial score (nSPS) is 17.2. The Labute approximate surface area is 185 Å². The number of nitrogens with one attached hydrogen (secondary N) is 1. The highest BCUT2D eigenvalue weighted by Gasteiger charge is 2.25. The number of rotatable bonds is 6. The first-order valence-corrected chi connectivity index (χ1v) is 10.8. The minimum Gasteiger partial charge on any atom is -0.497 e. The summed E-state index contributed by atoms with van der Waals surface area (Å²) in [6, 6.07) is 12.9. The molecule has 8 heteroatoms. The summed E-state index contributed by atoms with van der Waals surface area (Å²) in [5.41, 5.74) is 1.59. The molecule has 4 rings (SSSR count). The molecule has 0 aliphatic carbocycles. The van der Waals surface area contributed by atoms with E-state index in [-0.39, 0.29) is 11.6 Å². The topological polar surface area (TPSA) is 63.1 Å². The van der Waals surface area contributed by atoms with E-state index in [2.05, 4.69) is 15.0 Å². The third-order valence-electron chi connectivity index (χ3n) is 5.56. The SMILES string of the molecule is COc1ccc(-n2nc(C3CCCN(CCc4ccc(Cl)cc4Cl)C3)[nH]c2=O)cc1. The quantitative estimate of drug-likeness (QED) is 0.612. The molecular weight excluding hydrogens is 423 g/mol. The molecule has 0 saturated carbocycles. The van der Waals surface area contributed by atoms with Gasteiger partial charge in [0.15, 0.2) is 0 Å². The average molecular weight is 447 g/mol. The van der Waals surface area contributed by atoms with Crippen molar-refractivity contribution in [2.45, 2.75) is 25.2 Å². The maximum atomic E-state index is 12.5. The van der Waals surface area contributed by atoms with Crippen LogP contribution in [0.5, 0.6) is 5.75 Å². The van der Waals surface area contributed by atoms with Crippen LogP contribution in [0.3, 0.4) is 0 Å². The van der Waals surface area contributed by atoms with E-state index in [1.807, 2.05) is 36.4 Å². The van der Waals surface area contributed by atoms with Gasteiger partial charge in [-0.15, -0.1) is 5.10 Å². The lowest BCUT2D eigenvalue weighted by Crippen LogP contribution is -2.36. The molecule has 1 N–H and O–H groups in total. The van der Waals surface area contributed by atoms with Crippen molar-refractivity contribution in [3.8, 4) is 11.4 Å². The van der Waals surface area contributed by atoms with Crippen LogP contribution in [0.1, 0.15) is 30.1 Å². The first-order valence-electron chi connectivity index (χ1n) is 10.0. The van der Waals surface area contributed by atoms with E-state index in [1.54, 1.807) is 13.2 Å². The van der Waals surface area contributed by atoms with Crippen LogP contribution in [-0.4, -0.2) is 46.4 Å². The maximum Gasteiger partial charge on any atom is 0.348 e. The van der Waals surface area contributed by atoms with Gasteiger partial charge in [-0.1, -0.05) is 29.3 Å². The summed E-state index contributed by atoms with van der Waals surface area (Å²) in [6.07, 6.45) is 2.93. The molecule has 0 amide bonds. The van der Waals surface area contributed by atoms with Gasteiger partial charge < -0.3 is 9.64 Å². The van der Waals surface area contributed by atoms with Gasteiger partial charge >= 0.3 is 5.69 Å². The van der Waals surface area contributed by atoms with Crippen molar-refractivity contribution in [1.82, 2.24) is 19.7 Å². The minimum absolute atomic E-state index is 0.201. The van der Waals surface area contributed by atoms with Gasteiger partial charge in [0.1, 0.15) is 11.6 Å². The lowest BCUT2D eigenvalue weighted by molar-refractivity contribution is 0.206. The zero-order valence-corrected chi connectivity index (χ0v) is 18.3. The Morgan fingerprint density at radius 3 is 2.73 bits per heavy atom. The summed E-state index contributed by atoms with van der Waals surface area (Å²) in [7, 11) is 1.61. The number of aromatic nitrogens is 3. The lowest BCUT2D eigenvalue weighted by atomic mass is 9.97. The number of nitrogens with zero attached hydrogens (tertiary/aromatic N) is 3. The number of piperidine rings is 1. The molecule has 0 bridgehead atoms. The number of H-pyrrole nitrogens is 1. The number of ether oxygens (including phenoxy) is 1. The summed E-state index contributed by atoms with van der Waals surface area (Å²) < 4.78 is 6.60. The Bertz CT molecular complexity index is 1060. The van der Waals surface area contributed by atoms with Crippen LogP contribution in [0.4, 0.5) is 0 Å². The van der Waals surface area contributed by atoms with Crippen LogP contribution in [0.25, 0.3) is 5.69 Å². The number of halogens is 2. The molecule has 1 aromatic heterocycles. The predicted octanol–water partition coefficient (Wildman–Crippen LogP) is 4.30. The van der Waals surface area contributed by atoms with Crippen molar-refractivity contribution < 1.29 is 4.74 Å². The van der Waals surface area contributed by atoms with Crippen molar-refractivity contribution in [3.63, 3.8) is 0 Å². The predicted molar refractivity (Wildman–Crippen MR) is 119 cm³/mol. The number of likely N-dealkylation sites (tertiary alicyclic amines) is 1. The molecule has 0 radical (unpaired) electrons. The molecule has 3 aromatic rings. The number of hydrogen-bond acceptors (Lipinski definition) is 4. The van der Waals surface area contributed by atoms with E-state index >= 15 is 0 Å². The fraction of sp³-hybridized carbons (Fsp3) is 0.364. The van der Waals surface area contributed by atoms with Gasteiger partial charge in [0.25, 0.3) is 0 Å². The number of benzene rings is 2. The van der Waals surface area contributed by atoms with E-state index < -0.39 is 0 Å². The molecule has 2 heterocycles. The second-order valence-corrected chi connectivity index (χ2v) is 8.39. The molecule has 158 valence electrons. The van der Waals surface area contributed by atoms with Crippen LogP contribution in [0, 0.1) is 0 Å². The molecule has 2 aromatic carbocycles. The number of aromatic amines is 1. The van der Waals surface area contributed by atoms with Gasteiger partial charge in [0.05, 0.1) is 12.8 Å². The highest BCUT2D eigenvalue weighted by atomic mass is 35.5. The Kier molecular flexibility index (Phi) is 6.46. The van der Waals surface area contributed by atoms with Gasteiger partial charge in [-0.25, -0.2) is 4.79 Å². The first-order chi connectivity index (χ1) is 14.5. The second-order valence-electron chi connectivity index (χ2n) is 7.55. The lowest BCUT2D eigenvalue weighted by Gasteiger charge is -2.31. The molecule has 1 aliphatic rings. The first kappa shape index (κ1) is 21.0. The van der Waals surface area contributed by atoms with Gasteiger partial charge in [-0.3, -0.25) is 4.98 Å². The summed E-state index contributed by atoms with van der Waals surface area (Å²) in [6.45, 7) is 2.80. The van der Waals surface area contributed by atoms with Crippen molar-refractivity contribution in [3.05, 3.63) is 74.4 Å². The van der Waals surface area contributed by atoms with Crippen LogP contribution in [0.2, 0.25) is 10.0 Å². The smallest absolute Gasteiger partial charge is 0.348 e. The van der Waals surface area contributed by atoms with E-state index in [4.69, 9.17) is 27.9 Å². The van der Waals surface area contributed by atoms with Crippen molar-refractivity contribution >= 4 is 23.2 Å². The Hall–Kier alpha value is -2.28. The van der Waals surface area contributed by atoms with Crippen LogP contribution in [-0.2, 0) is 6.42 Å². The highest BCUT2D eigenvalue weighted by Crippen LogP contribution is 2.26. The molecular formula is C22H24Cl2N4O2. The van der Waals surface area contributed by atoms with Crippen LogP contribution in [0.15, 0.2) is 47.3 Å². The second kappa shape index (κ2) is 9.25. The van der Waals surface area contributed by atoms with Gasteiger partial charge in [-0.05, 0) is 67.8 Å². The van der Waals surface area contributed by atoms with Gasteiger partial charge in [0, 0.05) is 29.1 Å². The minimum atomic E-state index is -0.222. The third kappa shape index (κ3) is 4.72. The van der Waals surface area contributed by atoms with E-state index in [0.717, 1.165) is 56.0 Å². The van der Waals surface area contributed by atoms with Gasteiger partial charge in [-0.2, -0.15) is 4.68 Å². The molecule has 1 aliphatic heterocycles. The summed E-state index contributed by atoms with van der Waals surface area (Å²) in [4.78, 5) is 17.8. The number of methoxy groups -OCH3 is 1. The van der Waals surface area contributed by atoms with Crippen molar-refractivity contribution in [2.24, 2.45) is 0 Å². The Balaban J connectivity index is 1.43. The van der Waals surface area contributed by atoms with Crippen molar-refractivity contribution in [2.75, 3.05) is 26.7 Å². The monoisotopic (exact) mass is 446 g/mol. The summed E-state index contributed by atoms with van der Waals surface area (Å²) in [5, 5.41) is 5.94. The standard InChI is InChI=1S/C22H24Cl2N4O2/c1-30-19-8-6-18(7-9-19)28-22(29)25-21(26-28)16-3-2-11-27(14-16)12-10-15-4-5-17(23)13-20(15)24/h4-9,13,16H,2-3,10-12,14H2,1H3,(H,25,26,29). The molecule has 30 heavy (non-hydrogen) atoms. The van der Waals surface area contributed by atoms with Crippen molar-refractivity contribution in [1.29, 1.82) is 0 Å².